The van der Waals surface area contributed by atoms with Crippen LogP contribution >= 0.6 is 0 Å². The summed E-state index contributed by atoms with van der Waals surface area (Å²) in [6.45, 7) is 0. The second-order valence-electron chi connectivity index (χ2n) is 2.46. The second-order valence-corrected chi connectivity index (χ2v) is 3.74. The van der Waals surface area contributed by atoms with Gasteiger partial charge in [0.25, 0.3) is 5.91 Å². The van der Waals surface area contributed by atoms with Crippen LogP contribution in [0.3, 0.4) is 0 Å². The maximum absolute atomic E-state index is 11.1. The minimum atomic E-state index is -3.94. The van der Waals surface area contributed by atoms with Crippen LogP contribution in [0, 0.1) is 0 Å². The molecule has 1 N–H and O–H groups in total. The van der Waals surface area contributed by atoms with Crippen molar-refractivity contribution in [2.24, 2.45) is 0 Å². The van der Waals surface area contributed by atoms with Crippen molar-refractivity contribution in [1.29, 1.82) is 0 Å². The Morgan fingerprint density at radius 3 is 2.57 bits per heavy atom. The van der Waals surface area contributed by atoms with E-state index in [0.29, 0.717) is 0 Å². The third-order valence-corrected chi connectivity index (χ3v) is 2.38. The van der Waals surface area contributed by atoms with Crippen LogP contribution in [0.2, 0.25) is 0 Å². The van der Waals surface area contributed by atoms with Gasteiger partial charge < -0.3 is 4.18 Å². The maximum atomic E-state index is 11.1. The molecule has 0 saturated carbocycles. The summed E-state index contributed by atoms with van der Waals surface area (Å²) in [5.74, 6) is -0.604. The van der Waals surface area contributed by atoms with Gasteiger partial charge in [0.05, 0.1) is 5.56 Å². The van der Waals surface area contributed by atoms with Crippen molar-refractivity contribution in [3.63, 3.8) is 0 Å². The van der Waals surface area contributed by atoms with Crippen molar-refractivity contribution in [3.8, 4) is 5.75 Å². The molecular formula is C7H6NNaO4S. The first-order valence-corrected chi connectivity index (χ1v) is 4.85. The summed E-state index contributed by atoms with van der Waals surface area (Å²) in [4.78, 5) is 11.1. The van der Waals surface area contributed by atoms with Gasteiger partial charge in [-0.1, -0.05) is 12.1 Å². The summed E-state index contributed by atoms with van der Waals surface area (Å²) in [5, 5.41) is 0. The Balaban J connectivity index is 0.000000980. The number of fused-ring (bicyclic) bond motifs is 1. The molecular weight excluding hydrogens is 217 g/mol. The Labute approximate surface area is 103 Å². The van der Waals surface area contributed by atoms with E-state index in [4.69, 9.17) is 0 Å². The fourth-order valence-corrected chi connectivity index (χ4v) is 1.79. The molecule has 0 atom stereocenters. The van der Waals surface area contributed by atoms with Crippen LogP contribution < -0.4 is 8.91 Å². The van der Waals surface area contributed by atoms with Gasteiger partial charge in [-0.2, -0.15) is 8.42 Å². The van der Waals surface area contributed by atoms with Gasteiger partial charge in [0.15, 0.2) is 5.75 Å². The molecule has 1 aromatic rings. The van der Waals surface area contributed by atoms with Crippen molar-refractivity contribution in [1.82, 2.24) is 4.72 Å². The molecule has 1 heterocycles. The van der Waals surface area contributed by atoms with Gasteiger partial charge in [-0.15, -0.1) is 0 Å². The van der Waals surface area contributed by atoms with Crippen LogP contribution in [0.15, 0.2) is 24.3 Å². The van der Waals surface area contributed by atoms with Gasteiger partial charge in [0, 0.05) is 0 Å². The molecule has 14 heavy (non-hydrogen) atoms. The summed E-state index contributed by atoms with van der Waals surface area (Å²) < 4.78 is 28.0. The molecule has 0 radical (unpaired) electrons. The molecule has 0 saturated heterocycles. The summed E-state index contributed by atoms with van der Waals surface area (Å²) in [6, 6.07) is 6.12. The van der Waals surface area contributed by atoms with Gasteiger partial charge in [0.2, 0.25) is 0 Å². The van der Waals surface area contributed by atoms with Gasteiger partial charge in [-0.3, -0.25) is 4.79 Å². The van der Waals surface area contributed by atoms with E-state index in [9.17, 15) is 13.2 Å². The number of hydrogen-bond acceptors (Lipinski definition) is 4. The SMILES string of the molecule is O=C1NS(=O)(=O)Oc2ccccc21.[NaH]. The van der Waals surface area contributed by atoms with Gasteiger partial charge in [-0.25, -0.2) is 4.72 Å². The van der Waals surface area contributed by atoms with Crippen molar-refractivity contribution < 1.29 is 17.4 Å². The van der Waals surface area contributed by atoms with Crippen molar-refractivity contribution in [3.05, 3.63) is 29.8 Å². The summed E-state index contributed by atoms with van der Waals surface area (Å²) >= 11 is 0. The first-order chi connectivity index (χ1) is 6.08. The van der Waals surface area contributed by atoms with E-state index in [-0.39, 0.29) is 40.9 Å². The van der Waals surface area contributed by atoms with Crippen LogP contribution in [-0.2, 0) is 10.3 Å². The molecule has 0 bridgehead atoms. The fraction of sp³-hybridized carbons (Fsp3) is 0. The zero-order valence-corrected chi connectivity index (χ0v) is 7.17. The molecule has 70 valence electrons. The van der Waals surface area contributed by atoms with Crippen LogP contribution in [0.25, 0.3) is 0 Å². The second kappa shape index (κ2) is 3.90. The zero-order valence-electron chi connectivity index (χ0n) is 6.35. The Morgan fingerprint density at radius 1 is 1.21 bits per heavy atom. The number of amides is 1. The minimum absolute atomic E-state index is 0. The molecule has 0 aromatic heterocycles. The van der Waals surface area contributed by atoms with E-state index < -0.39 is 16.2 Å². The molecule has 1 aromatic carbocycles. The summed E-state index contributed by atoms with van der Waals surface area (Å²) in [5.41, 5.74) is 0.220. The predicted octanol–water partition coefficient (Wildman–Crippen LogP) is -0.595. The fourth-order valence-electron chi connectivity index (χ4n) is 1.03. The van der Waals surface area contributed by atoms with Crippen LogP contribution in [0.4, 0.5) is 0 Å². The third kappa shape index (κ3) is 2.09. The predicted molar refractivity (Wildman–Crippen MR) is 50.6 cm³/mol. The Morgan fingerprint density at radius 2 is 1.86 bits per heavy atom. The average Bonchev–Trinajstić information content (AvgIpc) is 2.02. The van der Waals surface area contributed by atoms with Crippen molar-refractivity contribution in [2.45, 2.75) is 0 Å². The Kier molecular flexibility index (Phi) is 3.20. The topological polar surface area (TPSA) is 72.5 Å². The number of rotatable bonds is 0. The van der Waals surface area contributed by atoms with E-state index in [1.807, 2.05) is 0 Å². The summed E-state index contributed by atoms with van der Waals surface area (Å²) in [6.07, 6.45) is 0. The van der Waals surface area contributed by atoms with E-state index in [0.717, 1.165) is 0 Å². The van der Waals surface area contributed by atoms with E-state index in [1.165, 1.54) is 12.1 Å². The molecule has 0 aliphatic carbocycles. The van der Waals surface area contributed by atoms with Crippen LogP contribution in [0.5, 0.6) is 5.75 Å². The molecule has 1 aliphatic rings. The molecule has 0 unspecified atom stereocenters. The van der Waals surface area contributed by atoms with Crippen LogP contribution in [-0.4, -0.2) is 43.9 Å². The molecule has 2 rings (SSSR count). The van der Waals surface area contributed by atoms with Crippen molar-refractivity contribution in [2.75, 3.05) is 0 Å². The molecule has 1 amide bonds. The molecule has 0 fully saturated rings. The zero-order chi connectivity index (χ0) is 9.47. The number of para-hydroxylation sites is 1. The molecule has 1 aliphatic heterocycles. The van der Waals surface area contributed by atoms with E-state index in [2.05, 4.69) is 4.18 Å². The Hall–Kier alpha value is -0.560. The van der Waals surface area contributed by atoms with Crippen molar-refractivity contribution >= 4 is 45.8 Å². The standard InChI is InChI=1S/C7H5NO4S.Na.H/c9-7-5-3-1-2-4-6(5)12-13(10,11)8-7;;/h1-4H,(H,8,9);;. The number of carbonyl (C=O) groups excluding carboxylic acids is 1. The van der Waals surface area contributed by atoms with Crippen LogP contribution in [0.1, 0.15) is 10.4 Å². The van der Waals surface area contributed by atoms with E-state index in [1.54, 1.807) is 16.9 Å². The molecule has 5 nitrogen and oxygen atoms in total. The Bertz CT molecular complexity index is 470. The van der Waals surface area contributed by atoms with E-state index >= 15 is 0 Å². The molecule has 7 heteroatoms. The normalized spacial score (nSPS) is 17.0. The van der Waals surface area contributed by atoms with Gasteiger partial charge >= 0.3 is 39.9 Å². The monoisotopic (exact) mass is 223 g/mol. The quantitative estimate of drug-likeness (QED) is 0.596. The van der Waals surface area contributed by atoms with Gasteiger partial charge in [-0.05, 0) is 12.1 Å². The average molecular weight is 223 g/mol. The molecule has 0 spiro atoms. The number of nitrogens with one attached hydrogen (secondary N) is 1. The third-order valence-electron chi connectivity index (χ3n) is 1.55. The first kappa shape index (κ1) is 11.5. The number of hydrogen-bond donors (Lipinski definition) is 1. The van der Waals surface area contributed by atoms with Gasteiger partial charge in [0.1, 0.15) is 0 Å². The first-order valence-electron chi connectivity index (χ1n) is 3.44. The number of carbonyl (C=O) groups is 1. The number of benzene rings is 1. The summed E-state index contributed by atoms with van der Waals surface area (Å²) in [7, 11) is -3.94.